The maximum atomic E-state index is 10.6. The standard InChI is InChI=1S/C15H13Cl2IO/c1-15(19,11-5-7-12(18)8-6-11)9-10-3-2-4-13(16)14(10)17/h2-8,19H,9H2,1H3. The summed E-state index contributed by atoms with van der Waals surface area (Å²) in [5, 5.41) is 11.7. The molecule has 1 N–H and O–H groups in total. The zero-order chi connectivity index (χ0) is 14.0. The zero-order valence-corrected chi connectivity index (χ0v) is 14.0. The summed E-state index contributed by atoms with van der Waals surface area (Å²) in [5.41, 5.74) is 0.736. The molecule has 0 amide bonds. The fraction of sp³-hybridized carbons (Fsp3) is 0.200. The van der Waals surface area contributed by atoms with E-state index < -0.39 is 5.60 Å². The Labute approximate surface area is 136 Å². The molecule has 0 aliphatic rings. The Kier molecular flexibility index (Phi) is 4.77. The van der Waals surface area contributed by atoms with Crippen LogP contribution in [0.2, 0.25) is 10.0 Å². The van der Waals surface area contributed by atoms with Gasteiger partial charge in [0.2, 0.25) is 0 Å². The summed E-state index contributed by atoms with van der Waals surface area (Å²) in [7, 11) is 0. The second-order valence-corrected chi connectivity index (χ2v) is 6.70. The summed E-state index contributed by atoms with van der Waals surface area (Å²) in [6.07, 6.45) is 0.424. The molecule has 0 radical (unpaired) electrons. The minimum absolute atomic E-state index is 0.424. The quantitative estimate of drug-likeness (QED) is 0.707. The molecule has 0 heterocycles. The lowest BCUT2D eigenvalue weighted by Gasteiger charge is -2.24. The summed E-state index contributed by atoms with van der Waals surface area (Å²) in [6.45, 7) is 1.78. The van der Waals surface area contributed by atoms with Crippen molar-refractivity contribution >= 4 is 45.8 Å². The van der Waals surface area contributed by atoms with E-state index in [1.54, 1.807) is 13.0 Å². The first kappa shape index (κ1) is 15.1. The topological polar surface area (TPSA) is 20.2 Å². The first-order valence-electron chi connectivity index (χ1n) is 5.81. The van der Waals surface area contributed by atoms with Gasteiger partial charge in [-0.15, -0.1) is 0 Å². The highest BCUT2D eigenvalue weighted by atomic mass is 127. The summed E-state index contributed by atoms with van der Waals surface area (Å²) in [6, 6.07) is 13.3. The van der Waals surface area contributed by atoms with E-state index in [0.717, 1.165) is 14.7 Å². The highest BCUT2D eigenvalue weighted by Crippen LogP contribution is 2.32. The van der Waals surface area contributed by atoms with Gasteiger partial charge >= 0.3 is 0 Å². The van der Waals surface area contributed by atoms with Gasteiger partial charge in [0, 0.05) is 9.99 Å². The Hall–Kier alpha value is -0.290. The van der Waals surface area contributed by atoms with Crippen LogP contribution in [0.4, 0.5) is 0 Å². The smallest absolute Gasteiger partial charge is 0.0909 e. The summed E-state index contributed by atoms with van der Waals surface area (Å²) >= 11 is 14.4. The van der Waals surface area contributed by atoms with E-state index >= 15 is 0 Å². The Morgan fingerprint density at radius 3 is 2.37 bits per heavy atom. The number of hydrogen-bond donors (Lipinski definition) is 1. The Bertz CT molecular complexity index is 579. The van der Waals surface area contributed by atoms with Gasteiger partial charge in [-0.1, -0.05) is 47.5 Å². The number of benzene rings is 2. The van der Waals surface area contributed by atoms with Gasteiger partial charge in [0.25, 0.3) is 0 Å². The molecule has 0 saturated carbocycles. The van der Waals surface area contributed by atoms with Gasteiger partial charge in [-0.2, -0.15) is 0 Å². The van der Waals surface area contributed by atoms with Crippen molar-refractivity contribution in [2.75, 3.05) is 0 Å². The van der Waals surface area contributed by atoms with Crippen LogP contribution in [0.5, 0.6) is 0 Å². The predicted octanol–water partition coefficient (Wildman–Crippen LogP) is 5.05. The molecule has 1 atom stereocenters. The third-order valence-electron chi connectivity index (χ3n) is 3.03. The van der Waals surface area contributed by atoms with Gasteiger partial charge in [-0.3, -0.25) is 0 Å². The molecule has 0 aromatic heterocycles. The van der Waals surface area contributed by atoms with Gasteiger partial charge < -0.3 is 5.11 Å². The van der Waals surface area contributed by atoms with E-state index in [4.69, 9.17) is 23.2 Å². The Balaban J connectivity index is 2.30. The number of hydrogen-bond acceptors (Lipinski definition) is 1. The largest absolute Gasteiger partial charge is 0.385 e. The molecule has 0 fully saturated rings. The molecule has 0 saturated heterocycles. The molecule has 2 rings (SSSR count). The SMILES string of the molecule is CC(O)(Cc1cccc(Cl)c1Cl)c1ccc(I)cc1. The number of rotatable bonds is 3. The average Bonchev–Trinajstić information content (AvgIpc) is 2.35. The lowest BCUT2D eigenvalue weighted by Crippen LogP contribution is -2.24. The minimum Gasteiger partial charge on any atom is -0.385 e. The molecule has 1 unspecified atom stereocenters. The molecule has 100 valence electrons. The van der Waals surface area contributed by atoms with Crippen molar-refractivity contribution in [2.45, 2.75) is 18.9 Å². The molecule has 2 aromatic rings. The lowest BCUT2D eigenvalue weighted by atomic mass is 9.89. The van der Waals surface area contributed by atoms with Gasteiger partial charge in [-0.05, 0) is 58.8 Å². The van der Waals surface area contributed by atoms with E-state index in [1.807, 2.05) is 36.4 Å². The maximum Gasteiger partial charge on any atom is 0.0909 e. The molecule has 2 aromatic carbocycles. The highest BCUT2D eigenvalue weighted by molar-refractivity contribution is 14.1. The zero-order valence-electron chi connectivity index (χ0n) is 10.3. The molecule has 0 aliphatic carbocycles. The van der Waals surface area contributed by atoms with E-state index in [2.05, 4.69) is 22.6 Å². The van der Waals surface area contributed by atoms with Crippen LogP contribution in [0.25, 0.3) is 0 Å². The van der Waals surface area contributed by atoms with Gasteiger partial charge in [0.1, 0.15) is 0 Å². The van der Waals surface area contributed by atoms with Crippen molar-refractivity contribution in [1.82, 2.24) is 0 Å². The Morgan fingerprint density at radius 2 is 1.74 bits per heavy atom. The van der Waals surface area contributed by atoms with Crippen LogP contribution in [-0.4, -0.2) is 5.11 Å². The third kappa shape index (κ3) is 3.63. The molecule has 19 heavy (non-hydrogen) atoms. The molecular formula is C15H13Cl2IO. The van der Waals surface area contributed by atoms with Gasteiger partial charge in [0.15, 0.2) is 0 Å². The van der Waals surface area contributed by atoms with Crippen molar-refractivity contribution in [2.24, 2.45) is 0 Å². The summed E-state index contributed by atoms with van der Waals surface area (Å²) in [4.78, 5) is 0. The van der Waals surface area contributed by atoms with E-state index in [-0.39, 0.29) is 0 Å². The van der Waals surface area contributed by atoms with Gasteiger partial charge in [-0.25, -0.2) is 0 Å². The average molecular weight is 407 g/mol. The van der Waals surface area contributed by atoms with Crippen molar-refractivity contribution in [3.8, 4) is 0 Å². The van der Waals surface area contributed by atoms with E-state index in [0.29, 0.717) is 16.5 Å². The van der Waals surface area contributed by atoms with Crippen LogP contribution in [0.1, 0.15) is 18.1 Å². The molecule has 0 aliphatic heterocycles. The van der Waals surface area contributed by atoms with E-state index in [1.165, 1.54) is 0 Å². The molecule has 0 spiro atoms. The highest BCUT2D eigenvalue weighted by Gasteiger charge is 2.24. The minimum atomic E-state index is -0.974. The van der Waals surface area contributed by atoms with Crippen molar-refractivity contribution in [1.29, 1.82) is 0 Å². The van der Waals surface area contributed by atoms with Crippen LogP contribution in [0, 0.1) is 3.57 Å². The van der Waals surface area contributed by atoms with Gasteiger partial charge in [0.05, 0.1) is 15.6 Å². The normalized spacial score (nSPS) is 14.2. The number of halogens is 3. The van der Waals surface area contributed by atoms with Crippen LogP contribution >= 0.6 is 45.8 Å². The maximum absolute atomic E-state index is 10.6. The fourth-order valence-corrected chi connectivity index (χ4v) is 2.71. The van der Waals surface area contributed by atoms with Crippen molar-refractivity contribution in [3.63, 3.8) is 0 Å². The summed E-state index contributed by atoms with van der Waals surface area (Å²) in [5.74, 6) is 0. The van der Waals surface area contributed by atoms with Crippen molar-refractivity contribution < 1.29 is 5.11 Å². The summed E-state index contributed by atoms with van der Waals surface area (Å²) < 4.78 is 1.14. The molecular weight excluding hydrogens is 394 g/mol. The van der Waals surface area contributed by atoms with Crippen LogP contribution in [-0.2, 0) is 12.0 Å². The predicted molar refractivity (Wildman–Crippen MR) is 88.9 cm³/mol. The second kappa shape index (κ2) is 6.00. The molecule has 0 bridgehead atoms. The van der Waals surface area contributed by atoms with E-state index in [9.17, 15) is 5.11 Å². The first-order chi connectivity index (χ1) is 8.90. The van der Waals surface area contributed by atoms with Crippen LogP contribution in [0.3, 0.4) is 0 Å². The fourth-order valence-electron chi connectivity index (χ4n) is 1.97. The van der Waals surface area contributed by atoms with Crippen molar-refractivity contribution in [3.05, 3.63) is 67.2 Å². The third-order valence-corrected chi connectivity index (χ3v) is 4.61. The van der Waals surface area contributed by atoms with Crippen LogP contribution < -0.4 is 0 Å². The molecule has 4 heteroatoms. The lowest BCUT2D eigenvalue weighted by molar-refractivity contribution is 0.0576. The van der Waals surface area contributed by atoms with Crippen LogP contribution in [0.15, 0.2) is 42.5 Å². The Morgan fingerprint density at radius 1 is 1.11 bits per heavy atom. The number of aliphatic hydroxyl groups is 1. The second-order valence-electron chi connectivity index (χ2n) is 4.67. The monoisotopic (exact) mass is 406 g/mol. The molecule has 1 nitrogen and oxygen atoms in total. The first-order valence-corrected chi connectivity index (χ1v) is 7.65.